The van der Waals surface area contributed by atoms with Crippen molar-refractivity contribution < 1.29 is 18.3 Å². The first-order valence-corrected chi connectivity index (χ1v) is 6.06. The van der Waals surface area contributed by atoms with Crippen LogP contribution in [0.3, 0.4) is 0 Å². The fraction of sp³-hybridized carbons (Fsp3) is 0.417. The predicted octanol–water partition coefficient (Wildman–Crippen LogP) is 3.04. The maximum atomic E-state index is 11.9. The molecule has 1 N–H and O–H groups in total. The van der Waals surface area contributed by atoms with E-state index in [9.17, 15) is 13.6 Å². The third-order valence-corrected chi connectivity index (χ3v) is 2.45. The number of alkyl halides is 3. The van der Waals surface area contributed by atoms with E-state index in [0.717, 1.165) is 12.8 Å². The van der Waals surface area contributed by atoms with Gasteiger partial charge in [0.15, 0.2) is 0 Å². The Balaban J connectivity index is 2.43. The third kappa shape index (κ3) is 5.31. The standard InChI is InChI=1S/C12H14ClF2NO2/c13-7-1-2-8-16-11(17)9-3-5-10(6-4-9)18-12(14)15/h3-6,12H,1-2,7-8H2,(H,16,17). The number of benzene rings is 1. The number of amides is 1. The first kappa shape index (κ1) is 14.7. The lowest BCUT2D eigenvalue weighted by Crippen LogP contribution is -2.24. The minimum absolute atomic E-state index is 0.0312. The summed E-state index contributed by atoms with van der Waals surface area (Å²) < 4.78 is 28.0. The third-order valence-electron chi connectivity index (χ3n) is 2.19. The second-order valence-corrected chi connectivity index (χ2v) is 3.93. The lowest BCUT2D eigenvalue weighted by molar-refractivity contribution is -0.0498. The molecule has 100 valence electrons. The van der Waals surface area contributed by atoms with Crippen LogP contribution in [0.15, 0.2) is 24.3 Å². The molecule has 0 atom stereocenters. The van der Waals surface area contributed by atoms with Gasteiger partial charge in [-0.3, -0.25) is 4.79 Å². The Morgan fingerprint density at radius 2 is 1.94 bits per heavy atom. The quantitative estimate of drug-likeness (QED) is 0.614. The van der Waals surface area contributed by atoms with Crippen LogP contribution in [0, 0.1) is 0 Å². The Labute approximate surface area is 109 Å². The molecule has 1 rings (SSSR count). The first-order valence-electron chi connectivity index (χ1n) is 5.52. The Morgan fingerprint density at radius 1 is 1.28 bits per heavy atom. The molecule has 1 amide bonds. The minimum atomic E-state index is -2.86. The van der Waals surface area contributed by atoms with Crippen molar-refractivity contribution in [2.24, 2.45) is 0 Å². The average Bonchev–Trinajstić information content (AvgIpc) is 2.34. The number of hydrogen-bond donors (Lipinski definition) is 1. The summed E-state index contributed by atoms with van der Waals surface area (Å²) in [5.41, 5.74) is 0.405. The molecule has 1 aromatic carbocycles. The second-order valence-electron chi connectivity index (χ2n) is 3.55. The molecule has 0 unspecified atom stereocenters. The smallest absolute Gasteiger partial charge is 0.387 e. The Morgan fingerprint density at radius 3 is 2.50 bits per heavy atom. The van der Waals surface area contributed by atoms with Crippen LogP contribution in [-0.4, -0.2) is 24.9 Å². The summed E-state index contributed by atoms with van der Waals surface area (Å²) in [6, 6.07) is 5.54. The Kier molecular flexibility index (Phi) is 6.43. The summed E-state index contributed by atoms with van der Waals surface area (Å²) in [6.45, 7) is -2.32. The highest BCUT2D eigenvalue weighted by molar-refractivity contribution is 6.17. The van der Waals surface area contributed by atoms with Gasteiger partial charge in [-0.15, -0.1) is 11.6 Å². The number of ether oxygens (including phenoxy) is 1. The zero-order valence-electron chi connectivity index (χ0n) is 9.67. The lowest BCUT2D eigenvalue weighted by Gasteiger charge is -2.06. The number of carbonyl (C=O) groups excluding carboxylic acids is 1. The molecule has 1 aromatic rings. The van der Waals surface area contributed by atoms with Crippen molar-refractivity contribution in [3.05, 3.63) is 29.8 Å². The highest BCUT2D eigenvalue weighted by Crippen LogP contribution is 2.14. The maximum Gasteiger partial charge on any atom is 0.387 e. The fourth-order valence-corrected chi connectivity index (χ4v) is 1.50. The molecule has 0 bridgehead atoms. The molecule has 0 spiro atoms. The summed E-state index contributed by atoms with van der Waals surface area (Å²) in [7, 11) is 0. The van der Waals surface area contributed by atoms with Crippen molar-refractivity contribution in [2.75, 3.05) is 12.4 Å². The van der Waals surface area contributed by atoms with Crippen LogP contribution in [0.5, 0.6) is 5.75 Å². The molecule has 0 aromatic heterocycles. The molecular weight excluding hydrogens is 264 g/mol. The van der Waals surface area contributed by atoms with E-state index in [4.69, 9.17) is 11.6 Å². The van der Waals surface area contributed by atoms with Gasteiger partial charge in [-0.1, -0.05) is 0 Å². The van der Waals surface area contributed by atoms with Crippen molar-refractivity contribution in [2.45, 2.75) is 19.5 Å². The van der Waals surface area contributed by atoms with Crippen molar-refractivity contribution in [3.8, 4) is 5.75 Å². The molecule has 18 heavy (non-hydrogen) atoms. The van der Waals surface area contributed by atoms with Crippen LogP contribution < -0.4 is 10.1 Å². The highest BCUT2D eigenvalue weighted by Gasteiger charge is 2.07. The van der Waals surface area contributed by atoms with E-state index in [1.165, 1.54) is 24.3 Å². The van der Waals surface area contributed by atoms with Gasteiger partial charge in [-0.25, -0.2) is 0 Å². The van der Waals surface area contributed by atoms with E-state index >= 15 is 0 Å². The predicted molar refractivity (Wildman–Crippen MR) is 65.4 cm³/mol. The van der Waals surface area contributed by atoms with Gasteiger partial charge in [0.05, 0.1) is 0 Å². The van der Waals surface area contributed by atoms with Crippen LogP contribution >= 0.6 is 11.6 Å². The molecule has 3 nitrogen and oxygen atoms in total. The van der Waals surface area contributed by atoms with Crippen LogP contribution in [0.4, 0.5) is 8.78 Å². The van der Waals surface area contributed by atoms with Gasteiger partial charge in [0.1, 0.15) is 5.75 Å². The summed E-state index contributed by atoms with van der Waals surface area (Å²) in [5, 5.41) is 2.71. The topological polar surface area (TPSA) is 38.3 Å². The number of rotatable bonds is 7. The van der Waals surface area contributed by atoms with Crippen LogP contribution in [0.2, 0.25) is 0 Å². The van der Waals surface area contributed by atoms with Gasteiger partial charge in [0.2, 0.25) is 0 Å². The molecule has 6 heteroatoms. The Bertz CT molecular complexity index is 371. The number of unbranched alkanes of at least 4 members (excludes halogenated alkanes) is 1. The fourth-order valence-electron chi connectivity index (χ4n) is 1.31. The number of halogens is 3. The van der Waals surface area contributed by atoms with Gasteiger partial charge in [0.25, 0.3) is 5.91 Å². The molecule has 0 aliphatic carbocycles. The van der Waals surface area contributed by atoms with E-state index in [-0.39, 0.29) is 11.7 Å². The van der Waals surface area contributed by atoms with Crippen molar-refractivity contribution in [1.82, 2.24) is 5.32 Å². The number of hydrogen-bond acceptors (Lipinski definition) is 2. The van der Waals surface area contributed by atoms with Gasteiger partial charge in [-0.2, -0.15) is 8.78 Å². The number of nitrogens with one attached hydrogen (secondary N) is 1. The molecule has 0 radical (unpaired) electrons. The van der Waals surface area contributed by atoms with Gasteiger partial charge in [-0.05, 0) is 37.1 Å². The van der Waals surface area contributed by atoms with E-state index < -0.39 is 6.61 Å². The largest absolute Gasteiger partial charge is 0.435 e. The molecule has 0 fully saturated rings. The minimum Gasteiger partial charge on any atom is -0.435 e. The van der Waals surface area contributed by atoms with Crippen molar-refractivity contribution in [1.29, 1.82) is 0 Å². The average molecular weight is 278 g/mol. The zero-order valence-corrected chi connectivity index (χ0v) is 10.4. The maximum absolute atomic E-state index is 11.9. The van der Waals surface area contributed by atoms with Crippen LogP contribution in [0.1, 0.15) is 23.2 Å². The van der Waals surface area contributed by atoms with Crippen LogP contribution in [-0.2, 0) is 0 Å². The molecule has 0 saturated carbocycles. The van der Waals surface area contributed by atoms with Gasteiger partial charge < -0.3 is 10.1 Å². The normalized spacial score (nSPS) is 10.4. The van der Waals surface area contributed by atoms with E-state index in [1.807, 2.05) is 0 Å². The van der Waals surface area contributed by atoms with E-state index in [2.05, 4.69) is 10.1 Å². The number of carbonyl (C=O) groups is 1. The van der Waals surface area contributed by atoms with Crippen molar-refractivity contribution >= 4 is 17.5 Å². The SMILES string of the molecule is O=C(NCCCCCl)c1ccc(OC(F)F)cc1. The molecule has 0 heterocycles. The zero-order chi connectivity index (χ0) is 13.4. The first-order chi connectivity index (χ1) is 8.63. The summed E-state index contributed by atoms with van der Waals surface area (Å²) in [4.78, 5) is 11.6. The van der Waals surface area contributed by atoms with E-state index in [0.29, 0.717) is 18.0 Å². The second kappa shape index (κ2) is 7.87. The highest BCUT2D eigenvalue weighted by atomic mass is 35.5. The summed E-state index contributed by atoms with van der Waals surface area (Å²) in [5.74, 6) is 0.354. The van der Waals surface area contributed by atoms with Crippen LogP contribution in [0.25, 0.3) is 0 Å². The van der Waals surface area contributed by atoms with Gasteiger partial charge in [0, 0.05) is 18.0 Å². The summed E-state index contributed by atoms with van der Waals surface area (Å²) in [6.07, 6.45) is 1.64. The molecule has 0 aliphatic heterocycles. The van der Waals surface area contributed by atoms with Gasteiger partial charge >= 0.3 is 6.61 Å². The molecular formula is C12H14ClF2NO2. The molecule has 0 aliphatic rings. The summed E-state index contributed by atoms with van der Waals surface area (Å²) >= 11 is 5.50. The van der Waals surface area contributed by atoms with E-state index in [1.54, 1.807) is 0 Å². The monoisotopic (exact) mass is 277 g/mol. The molecule has 0 saturated heterocycles. The lowest BCUT2D eigenvalue weighted by atomic mass is 10.2. The van der Waals surface area contributed by atoms with Crippen molar-refractivity contribution in [3.63, 3.8) is 0 Å². The Hall–Kier alpha value is -1.36.